The monoisotopic (exact) mass is 260 g/mol. The predicted molar refractivity (Wildman–Crippen MR) is 60.0 cm³/mol. The molecule has 2 atom stereocenters. The standard InChI is InChI=1S/C10H13FN2O3S/c1-6-5-16-9-4-7(11)2-3-8(9)10(6)13-17(12,14)15/h2-4,6,10,13H,5H2,1H3,(H2,12,14,15)/t6-,10?/m1/s1. The van der Waals surface area contributed by atoms with Crippen molar-refractivity contribution < 1.29 is 17.5 Å². The normalized spacial score (nSPS) is 23.9. The van der Waals surface area contributed by atoms with Crippen LogP contribution in [0, 0.1) is 11.7 Å². The number of benzene rings is 1. The zero-order chi connectivity index (χ0) is 12.6. The van der Waals surface area contributed by atoms with E-state index in [4.69, 9.17) is 9.88 Å². The van der Waals surface area contributed by atoms with Crippen molar-refractivity contribution in [3.05, 3.63) is 29.6 Å². The third-order valence-corrected chi connectivity index (χ3v) is 3.26. The molecule has 1 aliphatic rings. The molecule has 7 heteroatoms. The number of fused-ring (bicyclic) bond motifs is 1. The first-order valence-corrected chi connectivity index (χ1v) is 6.64. The Morgan fingerprint density at radius 1 is 1.53 bits per heavy atom. The van der Waals surface area contributed by atoms with Gasteiger partial charge in [0.25, 0.3) is 10.2 Å². The van der Waals surface area contributed by atoms with Crippen LogP contribution < -0.4 is 14.6 Å². The highest BCUT2D eigenvalue weighted by molar-refractivity contribution is 7.87. The summed E-state index contributed by atoms with van der Waals surface area (Å²) in [6, 6.07) is 3.51. The van der Waals surface area contributed by atoms with E-state index in [1.165, 1.54) is 18.2 Å². The van der Waals surface area contributed by atoms with Crippen molar-refractivity contribution >= 4 is 10.2 Å². The van der Waals surface area contributed by atoms with E-state index < -0.39 is 22.1 Å². The minimum atomic E-state index is -3.81. The smallest absolute Gasteiger partial charge is 0.274 e. The number of nitrogens with one attached hydrogen (secondary N) is 1. The minimum absolute atomic E-state index is 0.0775. The Labute approximate surface area is 99.0 Å². The van der Waals surface area contributed by atoms with E-state index in [9.17, 15) is 12.8 Å². The summed E-state index contributed by atoms with van der Waals surface area (Å²) in [5, 5.41) is 4.96. The van der Waals surface area contributed by atoms with Crippen LogP contribution in [0.15, 0.2) is 18.2 Å². The molecule has 5 nitrogen and oxygen atoms in total. The molecule has 1 unspecified atom stereocenters. The molecule has 0 saturated heterocycles. The average molecular weight is 260 g/mol. The van der Waals surface area contributed by atoms with Gasteiger partial charge in [-0.3, -0.25) is 0 Å². The third kappa shape index (κ3) is 2.74. The van der Waals surface area contributed by atoms with Gasteiger partial charge in [-0.1, -0.05) is 13.0 Å². The van der Waals surface area contributed by atoms with E-state index >= 15 is 0 Å². The fourth-order valence-corrected chi connectivity index (χ4v) is 2.58. The van der Waals surface area contributed by atoms with Gasteiger partial charge in [-0.05, 0) is 6.07 Å². The summed E-state index contributed by atoms with van der Waals surface area (Å²) >= 11 is 0. The summed E-state index contributed by atoms with van der Waals surface area (Å²) in [5.41, 5.74) is 0.596. The third-order valence-electron chi connectivity index (χ3n) is 2.67. The van der Waals surface area contributed by atoms with Gasteiger partial charge in [0.1, 0.15) is 11.6 Å². The lowest BCUT2D eigenvalue weighted by molar-refractivity contribution is 0.199. The van der Waals surface area contributed by atoms with Crippen LogP contribution in [0.5, 0.6) is 5.75 Å². The highest BCUT2D eigenvalue weighted by Gasteiger charge is 2.30. The molecule has 0 saturated carbocycles. The lowest BCUT2D eigenvalue weighted by Gasteiger charge is -2.31. The molecule has 1 heterocycles. The van der Waals surface area contributed by atoms with Crippen molar-refractivity contribution in [3.8, 4) is 5.75 Å². The largest absolute Gasteiger partial charge is 0.493 e. The molecule has 1 aliphatic heterocycles. The highest BCUT2D eigenvalue weighted by Crippen LogP contribution is 2.35. The van der Waals surface area contributed by atoms with Gasteiger partial charge in [0.2, 0.25) is 0 Å². The SMILES string of the molecule is C[C@@H]1COc2cc(F)ccc2C1NS(N)(=O)=O. The molecule has 0 fully saturated rings. The number of rotatable bonds is 2. The molecule has 17 heavy (non-hydrogen) atoms. The van der Waals surface area contributed by atoms with E-state index in [0.717, 1.165) is 0 Å². The quantitative estimate of drug-likeness (QED) is 0.820. The molecular formula is C10H13FN2O3S. The first kappa shape index (κ1) is 12.3. The molecule has 2 rings (SSSR count). The van der Waals surface area contributed by atoms with Crippen molar-refractivity contribution in [1.29, 1.82) is 0 Å². The maximum atomic E-state index is 13.0. The topological polar surface area (TPSA) is 81.4 Å². The van der Waals surface area contributed by atoms with Crippen LogP contribution in [-0.2, 0) is 10.2 Å². The van der Waals surface area contributed by atoms with Crippen LogP contribution in [0.2, 0.25) is 0 Å². The number of hydrogen-bond acceptors (Lipinski definition) is 3. The van der Waals surface area contributed by atoms with Crippen molar-refractivity contribution in [3.63, 3.8) is 0 Å². The van der Waals surface area contributed by atoms with E-state index in [1.54, 1.807) is 0 Å². The second kappa shape index (κ2) is 4.25. The van der Waals surface area contributed by atoms with Gasteiger partial charge in [0.05, 0.1) is 12.6 Å². The van der Waals surface area contributed by atoms with Gasteiger partial charge >= 0.3 is 0 Å². The molecule has 0 aromatic heterocycles. The van der Waals surface area contributed by atoms with Gasteiger partial charge < -0.3 is 4.74 Å². The summed E-state index contributed by atoms with van der Waals surface area (Å²) in [4.78, 5) is 0. The zero-order valence-corrected chi connectivity index (χ0v) is 10.00. The Balaban J connectivity index is 2.40. The first-order chi connectivity index (χ1) is 7.87. The molecule has 0 bridgehead atoms. The van der Waals surface area contributed by atoms with Crippen molar-refractivity contribution in [1.82, 2.24) is 4.72 Å². The number of hydrogen-bond donors (Lipinski definition) is 2. The van der Waals surface area contributed by atoms with Gasteiger partial charge in [0, 0.05) is 17.5 Å². The van der Waals surface area contributed by atoms with Crippen LogP contribution in [-0.4, -0.2) is 15.0 Å². The fourth-order valence-electron chi connectivity index (χ4n) is 1.87. The molecule has 1 aromatic carbocycles. The molecule has 0 amide bonds. The Bertz CT molecular complexity index is 532. The molecule has 0 aliphatic carbocycles. The van der Waals surface area contributed by atoms with Crippen LogP contribution >= 0.6 is 0 Å². The zero-order valence-electron chi connectivity index (χ0n) is 9.18. The summed E-state index contributed by atoms with van der Waals surface area (Å²) in [5.74, 6) is -0.150. The highest BCUT2D eigenvalue weighted by atomic mass is 32.2. The summed E-state index contributed by atoms with van der Waals surface area (Å²) in [6.07, 6.45) is 0. The minimum Gasteiger partial charge on any atom is -0.493 e. The lowest BCUT2D eigenvalue weighted by Crippen LogP contribution is -2.40. The lowest BCUT2D eigenvalue weighted by atomic mass is 9.93. The number of ether oxygens (including phenoxy) is 1. The van der Waals surface area contributed by atoms with Gasteiger partial charge in [0.15, 0.2) is 0 Å². The average Bonchev–Trinajstić information content (AvgIpc) is 2.21. The van der Waals surface area contributed by atoms with E-state index in [1.807, 2.05) is 6.92 Å². The predicted octanol–water partition coefficient (Wildman–Crippen LogP) is 0.688. The molecular weight excluding hydrogens is 247 g/mol. The van der Waals surface area contributed by atoms with E-state index in [0.29, 0.717) is 17.9 Å². The van der Waals surface area contributed by atoms with E-state index in [2.05, 4.69) is 4.72 Å². The van der Waals surface area contributed by atoms with Gasteiger partial charge in [-0.15, -0.1) is 0 Å². The summed E-state index contributed by atoms with van der Waals surface area (Å²) in [6.45, 7) is 2.14. The Morgan fingerprint density at radius 3 is 2.88 bits per heavy atom. The molecule has 94 valence electrons. The second-order valence-electron chi connectivity index (χ2n) is 4.11. The van der Waals surface area contributed by atoms with Gasteiger partial charge in [-0.25, -0.2) is 9.53 Å². The van der Waals surface area contributed by atoms with Crippen LogP contribution in [0.1, 0.15) is 18.5 Å². The summed E-state index contributed by atoms with van der Waals surface area (Å²) < 4.78 is 42.8. The molecule has 1 aromatic rings. The maximum absolute atomic E-state index is 13.0. The first-order valence-electron chi connectivity index (χ1n) is 5.09. The molecule has 3 N–H and O–H groups in total. The van der Waals surface area contributed by atoms with Crippen LogP contribution in [0.25, 0.3) is 0 Å². The van der Waals surface area contributed by atoms with Crippen molar-refractivity contribution in [2.75, 3.05) is 6.61 Å². The Morgan fingerprint density at radius 2 is 2.24 bits per heavy atom. The van der Waals surface area contributed by atoms with Crippen molar-refractivity contribution in [2.24, 2.45) is 11.1 Å². The Kier molecular flexibility index (Phi) is 3.07. The molecule has 0 radical (unpaired) electrons. The van der Waals surface area contributed by atoms with Gasteiger partial charge in [-0.2, -0.15) is 13.1 Å². The van der Waals surface area contributed by atoms with Crippen molar-refractivity contribution in [2.45, 2.75) is 13.0 Å². The van der Waals surface area contributed by atoms with Crippen LogP contribution in [0.4, 0.5) is 4.39 Å². The second-order valence-corrected chi connectivity index (χ2v) is 5.44. The number of nitrogens with two attached hydrogens (primary N) is 1. The summed E-state index contributed by atoms with van der Waals surface area (Å²) in [7, 11) is -3.81. The van der Waals surface area contributed by atoms with Crippen LogP contribution in [0.3, 0.4) is 0 Å². The van der Waals surface area contributed by atoms with E-state index in [-0.39, 0.29) is 5.92 Å². The molecule has 0 spiro atoms. The Hall–Kier alpha value is -1.18. The maximum Gasteiger partial charge on any atom is 0.274 e. The fraction of sp³-hybridized carbons (Fsp3) is 0.400. The number of halogens is 1.